The van der Waals surface area contributed by atoms with Crippen molar-refractivity contribution in [2.45, 2.75) is 19.6 Å². The quantitative estimate of drug-likeness (QED) is 0.915. The van der Waals surface area contributed by atoms with Gasteiger partial charge in [-0.3, -0.25) is 0 Å². The molecule has 4 heteroatoms. The van der Waals surface area contributed by atoms with Crippen molar-refractivity contribution in [1.82, 2.24) is 0 Å². The highest BCUT2D eigenvalue weighted by atomic mass is 16.5. The van der Waals surface area contributed by atoms with Crippen LogP contribution in [0, 0.1) is 11.3 Å². The van der Waals surface area contributed by atoms with E-state index in [0.29, 0.717) is 29.2 Å². The summed E-state index contributed by atoms with van der Waals surface area (Å²) in [7, 11) is 1.58. The lowest BCUT2D eigenvalue weighted by Gasteiger charge is -2.15. The van der Waals surface area contributed by atoms with Gasteiger partial charge in [0.15, 0.2) is 0 Å². The second-order valence-electron chi connectivity index (χ2n) is 4.68. The van der Waals surface area contributed by atoms with Crippen LogP contribution in [0.15, 0.2) is 42.5 Å². The van der Waals surface area contributed by atoms with Crippen molar-refractivity contribution in [2.24, 2.45) is 0 Å². The molecular weight excluding hydrogens is 266 g/mol. The summed E-state index contributed by atoms with van der Waals surface area (Å²) in [5.41, 5.74) is 2.19. The number of aliphatic hydroxyl groups excluding tert-OH is 1. The molecule has 0 heterocycles. The van der Waals surface area contributed by atoms with E-state index in [1.807, 2.05) is 12.1 Å². The Labute approximate surface area is 124 Å². The maximum atomic E-state index is 9.78. The van der Waals surface area contributed by atoms with Crippen molar-refractivity contribution in [1.29, 1.82) is 5.26 Å². The third-order valence-corrected chi connectivity index (χ3v) is 3.12. The molecule has 0 radical (unpaired) electrons. The van der Waals surface area contributed by atoms with E-state index in [0.717, 1.165) is 5.56 Å². The molecular formula is C17H17NO3. The van der Waals surface area contributed by atoms with Crippen LogP contribution in [0.25, 0.3) is 0 Å². The number of hydrogen-bond acceptors (Lipinski definition) is 4. The molecule has 0 saturated carbocycles. The van der Waals surface area contributed by atoms with E-state index >= 15 is 0 Å². The predicted molar refractivity (Wildman–Crippen MR) is 79.1 cm³/mol. The lowest BCUT2D eigenvalue weighted by atomic mass is 10.1. The first-order valence-corrected chi connectivity index (χ1v) is 6.62. The lowest BCUT2D eigenvalue weighted by molar-refractivity contribution is 0.190. The molecule has 0 fully saturated rings. The Morgan fingerprint density at radius 3 is 2.71 bits per heavy atom. The van der Waals surface area contributed by atoms with Gasteiger partial charge in [-0.1, -0.05) is 12.1 Å². The highest BCUT2D eigenvalue weighted by molar-refractivity contribution is 5.42. The summed E-state index contributed by atoms with van der Waals surface area (Å²) in [4.78, 5) is 0. The molecule has 108 valence electrons. The van der Waals surface area contributed by atoms with Crippen molar-refractivity contribution in [3.63, 3.8) is 0 Å². The predicted octanol–water partition coefficient (Wildman–Crippen LogP) is 3.20. The molecule has 0 bridgehead atoms. The SMILES string of the molecule is COc1ccc([C@H](C)O)c(OCc2cccc(C#N)c2)c1. The molecule has 0 aliphatic rings. The Hall–Kier alpha value is -2.51. The third kappa shape index (κ3) is 3.74. The molecule has 0 aliphatic heterocycles. The van der Waals surface area contributed by atoms with Crippen LogP contribution in [-0.4, -0.2) is 12.2 Å². The van der Waals surface area contributed by atoms with Crippen LogP contribution in [-0.2, 0) is 6.61 Å². The average Bonchev–Trinajstić information content (AvgIpc) is 2.52. The summed E-state index contributed by atoms with van der Waals surface area (Å²) >= 11 is 0. The lowest BCUT2D eigenvalue weighted by Crippen LogP contribution is -2.01. The van der Waals surface area contributed by atoms with E-state index < -0.39 is 6.10 Å². The molecule has 0 aromatic heterocycles. The second kappa shape index (κ2) is 6.78. The largest absolute Gasteiger partial charge is 0.497 e. The number of methoxy groups -OCH3 is 1. The molecule has 21 heavy (non-hydrogen) atoms. The molecule has 2 aromatic rings. The second-order valence-corrected chi connectivity index (χ2v) is 4.68. The van der Waals surface area contributed by atoms with Gasteiger partial charge in [-0.05, 0) is 36.8 Å². The van der Waals surface area contributed by atoms with Gasteiger partial charge in [0.2, 0.25) is 0 Å². The number of hydrogen-bond donors (Lipinski definition) is 1. The molecule has 2 rings (SSSR count). The van der Waals surface area contributed by atoms with Gasteiger partial charge < -0.3 is 14.6 Å². The fourth-order valence-electron chi connectivity index (χ4n) is 2.00. The minimum absolute atomic E-state index is 0.322. The van der Waals surface area contributed by atoms with Gasteiger partial charge in [-0.25, -0.2) is 0 Å². The third-order valence-electron chi connectivity index (χ3n) is 3.12. The van der Waals surface area contributed by atoms with Crippen LogP contribution < -0.4 is 9.47 Å². The molecule has 0 unspecified atom stereocenters. The first-order valence-electron chi connectivity index (χ1n) is 6.62. The molecule has 1 atom stereocenters. The van der Waals surface area contributed by atoms with Crippen LogP contribution in [0.5, 0.6) is 11.5 Å². The summed E-state index contributed by atoms with van der Waals surface area (Å²) in [6.45, 7) is 2.01. The zero-order valence-electron chi connectivity index (χ0n) is 12.0. The molecule has 4 nitrogen and oxygen atoms in total. The van der Waals surface area contributed by atoms with Crippen molar-refractivity contribution < 1.29 is 14.6 Å². The number of aliphatic hydroxyl groups is 1. The fraction of sp³-hybridized carbons (Fsp3) is 0.235. The van der Waals surface area contributed by atoms with Crippen molar-refractivity contribution in [3.05, 3.63) is 59.2 Å². The Balaban J connectivity index is 2.20. The number of ether oxygens (including phenoxy) is 2. The summed E-state index contributed by atoms with van der Waals surface area (Å²) in [6.07, 6.45) is -0.628. The van der Waals surface area contributed by atoms with Crippen LogP contribution >= 0.6 is 0 Å². The number of nitrogens with zero attached hydrogens (tertiary/aromatic N) is 1. The van der Waals surface area contributed by atoms with Gasteiger partial charge in [0.05, 0.1) is 24.8 Å². The van der Waals surface area contributed by atoms with E-state index in [2.05, 4.69) is 6.07 Å². The highest BCUT2D eigenvalue weighted by Crippen LogP contribution is 2.30. The highest BCUT2D eigenvalue weighted by Gasteiger charge is 2.11. The first kappa shape index (κ1) is 14.9. The van der Waals surface area contributed by atoms with Crippen molar-refractivity contribution in [2.75, 3.05) is 7.11 Å². The maximum absolute atomic E-state index is 9.78. The van der Waals surface area contributed by atoms with E-state index in [4.69, 9.17) is 14.7 Å². The van der Waals surface area contributed by atoms with Crippen LogP contribution in [0.3, 0.4) is 0 Å². The minimum Gasteiger partial charge on any atom is -0.497 e. The van der Waals surface area contributed by atoms with Crippen molar-refractivity contribution in [3.8, 4) is 17.6 Å². The number of nitriles is 1. The van der Waals surface area contributed by atoms with Crippen LogP contribution in [0.4, 0.5) is 0 Å². The first-order chi connectivity index (χ1) is 10.1. The van der Waals surface area contributed by atoms with Gasteiger partial charge >= 0.3 is 0 Å². The molecule has 0 aliphatic carbocycles. The van der Waals surface area contributed by atoms with E-state index in [9.17, 15) is 5.11 Å². The average molecular weight is 283 g/mol. The number of rotatable bonds is 5. The Kier molecular flexibility index (Phi) is 4.81. The normalized spacial score (nSPS) is 11.5. The van der Waals surface area contributed by atoms with Gasteiger partial charge in [0.1, 0.15) is 18.1 Å². The van der Waals surface area contributed by atoms with Crippen LogP contribution in [0.1, 0.15) is 29.7 Å². The van der Waals surface area contributed by atoms with Gasteiger partial charge in [-0.15, -0.1) is 0 Å². The van der Waals surface area contributed by atoms with E-state index in [1.54, 1.807) is 44.4 Å². The maximum Gasteiger partial charge on any atom is 0.129 e. The summed E-state index contributed by atoms with van der Waals surface area (Å²) in [5, 5.41) is 18.7. The van der Waals surface area contributed by atoms with E-state index in [-0.39, 0.29) is 0 Å². The summed E-state index contributed by atoms with van der Waals surface area (Å²) in [6, 6.07) is 14.6. The Morgan fingerprint density at radius 1 is 1.24 bits per heavy atom. The molecule has 0 saturated heterocycles. The molecule has 2 aromatic carbocycles. The summed E-state index contributed by atoms with van der Waals surface area (Å²) in [5.74, 6) is 1.24. The topological polar surface area (TPSA) is 62.5 Å². The Morgan fingerprint density at radius 2 is 2.05 bits per heavy atom. The van der Waals surface area contributed by atoms with Crippen LogP contribution in [0.2, 0.25) is 0 Å². The molecule has 0 spiro atoms. The van der Waals surface area contributed by atoms with E-state index in [1.165, 1.54) is 0 Å². The fourth-order valence-corrected chi connectivity index (χ4v) is 2.00. The molecule has 0 amide bonds. The van der Waals surface area contributed by atoms with Gasteiger partial charge in [0.25, 0.3) is 0 Å². The summed E-state index contributed by atoms with van der Waals surface area (Å²) < 4.78 is 11.0. The standard InChI is InChI=1S/C17H17NO3/c1-12(19)16-7-6-15(20-2)9-17(16)21-11-14-5-3-4-13(8-14)10-18/h3-9,12,19H,11H2,1-2H3/t12-/m0/s1. The minimum atomic E-state index is -0.628. The van der Waals surface area contributed by atoms with Gasteiger partial charge in [-0.2, -0.15) is 5.26 Å². The smallest absolute Gasteiger partial charge is 0.129 e. The van der Waals surface area contributed by atoms with Gasteiger partial charge in [0, 0.05) is 11.6 Å². The number of benzene rings is 2. The monoisotopic (exact) mass is 283 g/mol. The molecule has 1 N–H and O–H groups in total. The Bertz CT molecular complexity index is 659. The zero-order valence-corrected chi connectivity index (χ0v) is 12.0. The van der Waals surface area contributed by atoms with Crippen molar-refractivity contribution >= 4 is 0 Å². The zero-order chi connectivity index (χ0) is 15.2.